The number of hydrogen-bond acceptors (Lipinski definition) is 5. The van der Waals surface area contributed by atoms with E-state index in [0.29, 0.717) is 13.2 Å². The number of hydrogen-bond donors (Lipinski definition) is 0. The number of ether oxygens (including phenoxy) is 2. The predicted octanol–water partition coefficient (Wildman–Crippen LogP) is 4.65. The zero-order valence-electron chi connectivity index (χ0n) is 19.0. The first-order valence-corrected chi connectivity index (χ1v) is 10.1. The van der Waals surface area contributed by atoms with Crippen molar-refractivity contribution in [1.82, 2.24) is 9.47 Å². The van der Waals surface area contributed by atoms with E-state index in [1.165, 1.54) is 0 Å². The van der Waals surface area contributed by atoms with Crippen LogP contribution in [-0.4, -0.2) is 55.9 Å². The van der Waals surface area contributed by atoms with Gasteiger partial charge in [-0.1, -0.05) is 5.16 Å². The van der Waals surface area contributed by atoms with Crippen LogP contribution in [0.4, 0.5) is 5.69 Å². The minimum absolute atomic E-state index is 0.323. The summed E-state index contributed by atoms with van der Waals surface area (Å²) in [4.78, 5) is 11.7. The molecule has 0 atom stereocenters. The van der Waals surface area contributed by atoms with E-state index in [9.17, 15) is 0 Å². The zero-order valence-corrected chi connectivity index (χ0v) is 19.0. The maximum Gasteiger partial charge on any atom is 0.132 e. The molecule has 0 unspecified atom stereocenters. The first-order chi connectivity index (χ1) is 14.9. The fourth-order valence-corrected chi connectivity index (χ4v) is 3.21. The summed E-state index contributed by atoms with van der Waals surface area (Å²) in [5.41, 5.74) is 3.97. The Labute approximate surface area is 183 Å². The van der Waals surface area contributed by atoms with Crippen molar-refractivity contribution in [2.45, 2.75) is 20.4 Å². The lowest BCUT2D eigenvalue weighted by Crippen LogP contribution is -2.19. The van der Waals surface area contributed by atoms with Gasteiger partial charge in [0, 0.05) is 30.7 Å². The van der Waals surface area contributed by atoms with E-state index in [0.717, 1.165) is 45.3 Å². The van der Waals surface area contributed by atoms with E-state index in [-0.39, 0.29) is 0 Å². The topological polar surface area (TPSA) is 60.6 Å². The number of fused-ring (bicyclic) bond motifs is 1. The molecule has 0 saturated carbocycles. The van der Waals surface area contributed by atoms with Crippen molar-refractivity contribution in [3.63, 3.8) is 0 Å². The van der Waals surface area contributed by atoms with Gasteiger partial charge in [-0.3, -0.25) is 0 Å². The Bertz CT molecular complexity index is 1080. The monoisotopic (exact) mass is 422 g/mol. The molecular formula is C24H30N4O3. The average molecular weight is 423 g/mol. The maximum absolute atomic E-state index is 5.90. The summed E-state index contributed by atoms with van der Waals surface area (Å²) < 4.78 is 13.3. The molecule has 0 radical (unpaired) electrons. The van der Waals surface area contributed by atoms with Gasteiger partial charge in [-0.15, -0.1) is 0 Å². The van der Waals surface area contributed by atoms with Gasteiger partial charge in [0.25, 0.3) is 0 Å². The van der Waals surface area contributed by atoms with Gasteiger partial charge in [0.1, 0.15) is 36.8 Å². The fourth-order valence-electron chi connectivity index (χ4n) is 3.21. The van der Waals surface area contributed by atoms with Crippen molar-refractivity contribution in [2.75, 3.05) is 34.9 Å². The Morgan fingerprint density at radius 3 is 2.35 bits per heavy atom. The number of benzene rings is 2. The molecule has 0 aliphatic heterocycles. The second-order valence-electron chi connectivity index (χ2n) is 7.47. The third-order valence-electron chi connectivity index (χ3n) is 5.06. The molecule has 3 rings (SSSR count). The van der Waals surface area contributed by atoms with E-state index in [1.807, 2.05) is 56.3 Å². The quantitative estimate of drug-likeness (QED) is 0.301. The molecule has 0 saturated heterocycles. The molecule has 31 heavy (non-hydrogen) atoms. The smallest absolute Gasteiger partial charge is 0.132 e. The van der Waals surface area contributed by atoms with Crippen molar-refractivity contribution in [3.8, 4) is 11.5 Å². The SMILES string of the molecule is CO/N=C(\COc1ccc(OC)cc1)Cn1c(C)cc2cc(N=C(C)N(C)C)ccc21. The van der Waals surface area contributed by atoms with Crippen molar-refractivity contribution in [3.05, 3.63) is 54.2 Å². The van der Waals surface area contributed by atoms with Gasteiger partial charge in [0.15, 0.2) is 0 Å². The summed E-state index contributed by atoms with van der Waals surface area (Å²) in [7, 11) is 7.17. The summed E-state index contributed by atoms with van der Waals surface area (Å²) in [6, 6.07) is 15.9. The number of rotatable bonds is 8. The van der Waals surface area contributed by atoms with Crippen LogP contribution in [0.2, 0.25) is 0 Å². The molecule has 3 aromatic rings. The predicted molar refractivity (Wildman–Crippen MR) is 126 cm³/mol. The molecule has 1 aromatic heterocycles. The average Bonchev–Trinajstić information content (AvgIpc) is 3.06. The maximum atomic E-state index is 5.90. The molecule has 0 bridgehead atoms. The molecule has 0 fully saturated rings. The van der Waals surface area contributed by atoms with Gasteiger partial charge in [0.2, 0.25) is 0 Å². The van der Waals surface area contributed by atoms with E-state index in [2.05, 4.69) is 39.8 Å². The van der Waals surface area contributed by atoms with Gasteiger partial charge < -0.3 is 23.8 Å². The van der Waals surface area contributed by atoms with Gasteiger partial charge in [-0.05, 0) is 62.4 Å². The van der Waals surface area contributed by atoms with Crippen LogP contribution in [0.5, 0.6) is 11.5 Å². The summed E-state index contributed by atoms with van der Waals surface area (Å²) in [6.45, 7) is 4.97. The third-order valence-corrected chi connectivity index (χ3v) is 5.06. The lowest BCUT2D eigenvalue weighted by Gasteiger charge is -2.13. The van der Waals surface area contributed by atoms with Crippen LogP contribution in [0.25, 0.3) is 10.9 Å². The largest absolute Gasteiger partial charge is 0.497 e. The van der Waals surface area contributed by atoms with E-state index in [1.54, 1.807) is 14.2 Å². The highest BCUT2D eigenvalue weighted by atomic mass is 16.6. The number of methoxy groups -OCH3 is 1. The van der Waals surface area contributed by atoms with Crippen LogP contribution in [0.3, 0.4) is 0 Å². The number of amidine groups is 1. The minimum Gasteiger partial charge on any atom is -0.497 e. The van der Waals surface area contributed by atoms with Crippen molar-refractivity contribution < 1.29 is 14.3 Å². The van der Waals surface area contributed by atoms with Crippen molar-refractivity contribution in [2.24, 2.45) is 10.1 Å². The second kappa shape index (κ2) is 10.0. The Balaban J connectivity index is 1.79. The second-order valence-corrected chi connectivity index (χ2v) is 7.47. The first kappa shape index (κ1) is 22.2. The highest BCUT2D eigenvalue weighted by molar-refractivity contribution is 5.90. The van der Waals surface area contributed by atoms with Crippen LogP contribution in [-0.2, 0) is 11.4 Å². The number of aliphatic imine (C=N–C) groups is 1. The van der Waals surface area contributed by atoms with Crippen LogP contribution in [0.15, 0.2) is 58.7 Å². The summed E-state index contributed by atoms with van der Waals surface area (Å²) >= 11 is 0. The van der Waals surface area contributed by atoms with E-state index in [4.69, 9.17) is 14.3 Å². The lowest BCUT2D eigenvalue weighted by atomic mass is 10.2. The van der Waals surface area contributed by atoms with Gasteiger partial charge in [0.05, 0.1) is 19.3 Å². The standard InChI is InChI=1S/C24H30N4O3/c1-17-13-19-14-20(25-18(2)27(3)4)7-12-24(19)28(17)15-21(26-30-6)16-31-23-10-8-22(29-5)9-11-23/h7-14H,15-16H2,1-6H3/b25-18?,26-21-. The Kier molecular flexibility index (Phi) is 7.18. The number of aromatic nitrogens is 1. The first-order valence-electron chi connectivity index (χ1n) is 10.1. The van der Waals surface area contributed by atoms with Crippen LogP contribution in [0.1, 0.15) is 12.6 Å². The number of oxime groups is 1. The molecular weight excluding hydrogens is 392 g/mol. The molecule has 1 heterocycles. The minimum atomic E-state index is 0.323. The molecule has 7 heteroatoms. The molecule has 164 valence electrons. The number of aryl methyl sites for hydroxylation is 1. The van der Waals surface area contributed by atoms with Crippen LogP contribution in [0, 0.1) is 6.92 Å². The third kappa shape index (κ3) is 5.57. The van der Waals surface area contributed by atoms with Crippen LogP contribution < -0.4 is 9.47 Å². The van der Waals surface area contributed by atoms with Gasteiger partial charge >= 0.3 is 0 Å². The molecule has 0 amide bonds. The normalized spacial score (nSPS) is 12.2. The summed E-state index contributed by atoms with van der Waals surface area (Å²) in [6.07, 6.45) is 0. The molecule has 0 N–H and O–H groups in total. The molecule has 2 aromatic carbocycles. The summed E-state index contributed by atoms with van der Waals surface area (Å²) in [5, 5.41) is 5.33. The van der Waals surface area contributed by atoms with Gasteiger partial charge in [-0.2, -0.15) is 0 Å². The zero-order chi connectivity index (χ0) is 22.4. The molecule has 0 spiro atoms. The Morgan fingerprint density at radius 1 is 1.00 bits per heavy atom. The van der Waals surface area contributed by atoms with Crippen LogP contribution >= 0.6 is 0 Å². The Morgan fingerprint density at radius 2 is 1.71 bits per heavy atom. The summed E-state index contributed by atoms with van der Waals surface area (Å²) in [5.74, 6) is 2.50. The highest BCUT2D eigenvalue weighted by Crippen LogP contribution is 2.25. The lowest BCUT2D eigenvalue weighted by molar-refractivity contribution is 0.208. The van der Waals surface area contributed by atoms with E-state index < -0.39 is 0 Å². The molecule has 0 aliphatic carbocycles. The van der Waals surface area contributed by atoms with Gasteiger partial charge in [-0.25, -0.2) is 4.99 Å². The fraction of sp³-hybridized carbons (Fsp3) is 0.333. The molecule has 0 aliphatic rings. The Hall–Kier alpha value is -3.48. The van der Waals surface area contributed by atoms with Crippen molar-refractivity contribution >= 4 is 28.1 Å². The van der Waals surface area contributed by atoms with E-state index >= 15 is 0 Å². The van der Waals surface area contributed by atoms with Crippen molar-refractivity contribution in [1.29, 1.82) is 0 Å². The molecule has 7 nitrogen and oxygen atoms in total. The highest BCUT2D eigenvalue weighted by Gasteiger charge is 2.11. The number of nitrogens with zero attached hydrogens (tertiary/aromatic N) is 4.